The van der Waals surface area contributed by atoms with Crippen LogP contribution in [-0.2, 0) is 5.54 Å². The second-order valence-corrected chi connectivity index (χ2v) is 9.34. The van der Waals surface area contributed by atoms with Gasteiger partial charge in [-0.25, -0.2) is 0 Å². The van der Waals surface area contributed by atoms with Gasteiger partial charge in [-0.15, -0.1) is 0 Å². The molecule has 2 aromatic heterocycles. The highest BCUT2D eigenvalue weighted by Crippen LogP contribution is 2.49. The van der Waals surface area contributed by atoms with E-state index in [2.05, 4.69) is 44.0 Å². The Labute approximate surface area is 197 Å². The fourth-order valence-electron chi connectivity index (χ4n) is 4.65. The van der Waals surface area contributed by atoms with Crippen LogP contribution in [0.3, 0.4) is 0 Å². The van der Waals surface area contributed by atoms with Gasteiger partial charge >= 0.3 is 0 Å². The Hall–Kier alpha value is -3.71. The quantitative estimate of drug-likeness (QED) is 0.392. The first-order valence-corrected chi connectivity index (χ1v) is 11.8. The number of aromatic nitrogens is 3. The maximum Gasteiger partial charge on any atom is 0.252 e. The number of rotatable bonds is 7. The summed E-state index contributed by atoms with van der Waals surface area (Å²) in [5.41, 5.74) is 5.22. The highest BCUT2D eigenvalue weighted by atomic mass is 16.5. The number of aryl methyl sites for hydroxylation is 1. The zero-order chi connectivity index (χ0) is 23.1. The molecule has 7 heteroatoms. The van der Waals surface area contributed by atoms with Gasteiger partial charge in [-0.3, -0.25) is 14.9 Å². The summed E-state index contributed by atoms with van der Waals surface area (Å²) in [6.07, 6.45) is 8.39. The number of ether oxygens (including phenoxy) is 1. The first kappa shape index (κ1) is 20.9. The molecule has 172 valence electrons. The number of fused-ring (bicyclic) bond motifs is 1. The first-order chi connectivity index (χ1) is 16.6. The van der Waals surface area contributed by atoms with Crippen LogP contribution in [0.4, 0.5) is 0 Å². The zero-order valence-corrected chi connectivity index (χ0v) is 19.1. The number of carbonyl (C=O) groups excluding carboxylic acids is 1. The Bertz CT molecular complexity index is 1360. The number of amides is 1. The first-order valence-electron chi connectivity index (χ1n) is 11.8. The van der Waals surface area contributed by atoms with Crippen LogP contribution in [0.2, 0.25) is 0 Å². The van der Waals surface area contributed by atoms with Crippen LogP contribution >= 0.6 is 0 Å². The molecule has 3 heterocycles. The number of nitrogens with zero attached hydrogens (tertiary/aromatic N) is 2. The molecule has 0 radical (unpaired) electrons. The number of carbonyl (C=O) groups is 1. The molecule has 6 rings (SSSR count). The van der Waals surface area contributed by atoms with Crippen molar-refractivity contribution in [2.45, 2.75) is 37.8 Å². The molecule has 1 saturated carbocycles. The van der Waals surface area contributed by atoms with E-state index in [-0.39, 0.29) is 5.91 Å². The van der Waals surface area contributed by atoms with Gasteiger partial charge in [0, 0.05) is 34.9 Å². The number of hydrogen-bond donors (Lipinski definition) is 3. The normalized spacial score (nSPS) is 18.3. The van der Waals surface area contributed by atoms with E-state index >= 15 is 0 Å². The number of nitrogens with one attached hydrogen (secondary N) is 3. The SMILES string of the molecule is Cc1ccc(OCC2CCN2)cc1C(=O)NC1(c2cc(-c3cn[nH]c3)cc3ncccc23)CC1. The van der Waals surface area contributed by atoms with Gasteiger partial charge in [-0.2, -0.15) is 5.10 Å². The van der Waals surface area contributed by atoms with Gasteiger partial charge in [0.1, 0.15) is 12.4 Å². The Kier molecular flexibility index (Phi) is 5.07. The van der Waals surface area contributed by atoms with Crippen molar-refractivity contribution in [2.75, 3.05) is 13.2 Å². The molecule has 0 spiro atoms. The average molecular weight is 454 g/mol. The van der Waals surface area contributed by atoms with Crippen molar-refractivity contribution in [1.82, 2.24) is 25.8 Å². The molecule has 1 saturated heterocycles. The standard InChI is InChI=1S/C27H27N5O2/c1-17-4-5-21(34-16-20-6-10-28-20)13-23(17)26(33)32-27(7-8-27)24-11-18(19-14-30-31-15-19)12-25-22(24)3-2-9-29-25/h2-5,9,11-15,20,28H,6-8,10,16H2,1H3,(H,30,31)(H,32,33). The van der Waals surface area contributed by atoms with Crippen molar-refractivity contribution in [3.63, 3.8) is 0 Å². The molecular weight excluding hydrogens is 426 g/mol. The minimum atomic E-state index is -0.405. The van der Waals surface area contributed by atoms with Crippen molar-refractivity contribution in [3.05, 3.63) is 77.7 Å². The molecule has 1 aliphatic carbocycles. The van der Waals surface area contributed by atoms with E-state index in [9.17, 15) is 4.79 Å². The molecule has 2 fully saturated rings. The fourth-order valence-corrected chi connectivity index (χ4v) is 4.65. The molecule has 1 unspecified atom stereocenters. The van der Waals surface area contributed by atoms with Gasteiger partial charge in [0.2, 0.25) is 0 Å². The molecule has 3 N–H and O–H groups in total. The minimum Gasteiger partial charge on any atom is -0.492 e. The third kappa shape index (κ3) is 3.82. The highest BCUT2D eigenvalue weighted by molar-refractivity contribution is 5.98. The van der Waals surface area contributed by atoms with Gasteiger partial charge in [-0.05, 0) is 79.8 Å². The number of pyridine rings is 1. The third-order valence-electron chi connectivity index (χ3n) is 7.00. The summed E-state index contributed by atoms with van der Waals surface area (Å²) in [6.45, 7) is 3.63. The van der Waals surface area contributed by atoms with Crippen molar-refractivity contribution >= 4 is 16.8 Å². The van der Waals surface area contributed by atoms with Crippen LogP contribution in [0.25, 0.3) is 22.0 Å². The molecule has 7 nitrogen and oxygen atoms in total. The topological polar surface area (TPSA) is 91.9 Å². The minimum absolute atomic E-state index is 0.0760. The van der Waals surface area contributed by atoms with E-state index in [0.717, 1.165) is 64.7 Å². The summed E-state index contributed by atoms with van der Waals surface area (Å²) in [6, 6.07) is 14.4. The summed E-state index contributed by atoms with van der Waals surface area (Å²) in [5, 5.41) is 14.7. The van der Waals surface area contributed by atoms with Crippen molar-refractivity contribution in [3.8, 4) is 16.9 Å². The van der Waals surface area contributed by atoms with Crippen LogP contribution in [0.1, 0.15) is 40.7 Å². The Morgan fingerprint density at radius 3 is 2.82 bits per heavy atom. The Balaban J connectivity index is 1.31. The van der Waals surface area contributed by atoms with Gasteiger partial charge in [0.15, 0.2) is 0 Å². The lowest BCUT2D eigenvalue weighted by molar-refractivity contribution is 0.0930. The van der Waals surface area contributed by atoms with E-state index in [0.29, 0.717) is 18.2 Å². The maximum absolute atomic E-state index is 13.5. The van der Waals surface area contributed by atoms with Crippen LogP contribution in [-0.4, -0.2) is 40.3 Å². The van der Waals surface area contributed by atoms with Crippen LogP contribution < -0.4 is 15.4 Å². The lowest BCUT2D eigenvalue weighted by Crippen LogP contribution is -2.46. The Morgan fingerprint density at radius 1 is 1.21 bits per heavy atom. The van der Waals surface area contributed by atoms with Crippen molar-refractivity contribution in [1.29, 1.82) is 0 Å². The molecule has 0 bridgehead atoms. The number of hydrogen-bond acceptors (Lipinski definition) is 5. The van der Waals surface area contributed by atoms with E-state index in [1.807, 2.05) is 37.4 Å². The summed E-state index contributed by atoms with van der Waals surface area (Å²) >= 11 is 0. The summed E-state index contributed by atoms with van der Waals surface area (Å²) in [4.78, 5) is 18.1. The fraction of sp³-hybridized carbons (Fsp3) is 0.296. The average Bonchev–Trinajstić information content (AvgIpc) is 3.37. The second kappa shape index (κ2) is 8.25. The van der Waals surface area contributed by atoms with Crippen LogP contribution in [0.15, 0.2) is 61.1 Å². The molecule has 1 amide bonds. The Morgan fingerprint density at radius 2 is 2.09 bits per heavy atom. The monoisotopic (exact) mass is 453 g/mol. The third-order valence-corrected chi connectivity index (χ3v) is 7.00. The molecule has 2 aromatic carbocycles. The lowest BCUT2D eigenvalue weighted by Gasteiger charge is -2.27. The van der Waals surface area contributed by atoms with Crippen molar-refractivity contribution < 1.29 is 9.53 Å². The predicted octanol–water partition coefficient (Wildman–Crippen LogP) is 4.09. The largest absolute Gasteiger partial charge is 0.492 e. The van der Waals surface area contributed by atoms with E-state index in [1.165, 1.54) is 0 Å². The number of H-pyrrole nitrogens is 1. The van der Waals surface area contributed by atoms with E-state index < -0.39 is 5.54 Å². The number of aromatic amines is 1. The second-order valence-electron chi connectivity index (χ2n) is 9.34. The summed E-state index contributed by atoms with van der Waals surface area (Å²) < 4.78 is 5.94. The molecule has 1 aliphatic heterocycles. The molecular formula is C27H27N5O2. The number of benzene rings is 2. The summed E-state index contributed by atoms with van der Waals surface area (Å²) in [5.74, 6) is 0.652. The van der Waals surface area contributed by atoms with E-state index in [4.69, 9.17) is 4.74 Å². The predicted molar refractivity (Wildman–Crippen MR) is 131 cm³/mol. The molecule has 1 atom stereocenters. The molecule has 4 aromatic rings. The smallest absolute Gasteiger partial charge is 0.252 e. The maximum atomic E-state index is 13.5. The van der Waals surface area contributed by atoms with Gasteiger partial charge < -0.3 is 15.4 Å². The highest BCUT2D eigenvalue weighted by Gasteiger charge is 2.47. The van der Waals surface area contributed by atoms with E-state index in [1.54, 1.807) is 12.4 Å². The molecule has 34 heavy (non-hydrogen) atoms. The lowest BCUT2D eigenvalue weighted by atomic mass is 9.94. The van der Waals surface area contributed by atoms with Crippen molar-refractivity contribution in [2.24, 2.45) is 0 Å². The molecule has 2 aliphatic rings. The van der Waals surface area contributed by atoms with Crippen LogP contribution in [0, 0.1) is 6.92 Å². The van der Waals surface area contributed by atoms with Gasteiger partial charge in [0.25, 0.3) is 5.91 Å². The van der Waals surface area contributed by atoms with Gasteiger partial charge in [-0.1, -0.05) is 12.1 Å². The zero-order valence-electron chi connectivity index (χ0n) is 19.1. The van der Waals surface area contributed by atoms with Crippen LogP contribution in [0.5, 0.6) is 5.75 Å². The summed E-state index contributed by atoms with van der Waals surface area (Å²) in [7, 11) is 0. The van der Waals surface area contributed by atoms with Gasteiger partial charge in [0.05, 0.1) is 17.3 Å².